The van der Waals surface area contributed by atoms with Gasteiger partial charge in [0.05, 0.1) is 12.3 Å². The van der Waals surface area contributed by atoms with Gasteiger partial charge >= 0.3 is 6.03 Å². The van der Waals surface area contributed by atoms with Gasteiger partial charge in [-0.2, -0.15) is 0 Å². The monoisotopic (exact) mass is 333 g/mol. The third kappa shape index (κ3) is 4.11. The Morgan fingerprint density at radius 3 is 2.71 bits per heavy atom. The second kappa shape index (κ2) is 7.00. The molecule has 1 aliphatic carbocycles. The van der Waals surface area contributed by atoms with Crippen LogP contribution in [0.5, 0.6) is 0 Å². The second-order valence-electron chi connectivity index (χ2n) is 6.17. The molecule has 0 unspecified atom stereocenters. The Morgan fingerprint density at radius 1 is 1.29 bits per heavy atom. The van der Waals surface area contributed by atoms with Crippen molar-refractivity contribution in [1.29, 1.82) is 0 Å². The van der Waals surface area contributed by atoms with Gasteiger partial charge in [-0.25, -0.2) is 14.2 Å². The van der Waals surface area contributed by atoms with Crippen LogP contribution in [-0.2, 0) is 6.42 Å². The summed E-state index contributed by atoms with van der Waals surface area (Å²) in [6.45, 7) is 1.03. The molecule has 7 heteroatoms. The van der Waals surface area contributed by atoms with Gasteiger partial charge in [0, 0.05) is 30.5 Å². The maximum atomic E-state index is 12.9. The predicted molar refractivity (Wildman–Crippen MR) is 85.8 cm³/mol. The zero-order valence-electron chi connectivity index (χ0n) is 13.2. The first kappa shape index (κ1) is 16.4. The van der Waals surface area contributed by atoms with Crippen molar-refractivity contribution >= 4 is 6.03 Å². The minimum atomic E-state index is -0.310. The summed E-state index contributed by atoms with van der Waals surface area (Å²) in [6.07, 6.45) is 3.97. The van der Waals surface area contributed by atoms with Gasteiger partial charge < -0.3 is 20.2 Å². The molecule has 1 heterocycles. The predicted octanol–water partition coefficient (Wildman–Crippen LogP) is 2.09. The standard InChI is InChI=1S/C17H20FN3O3/c18-13-3-1-12(2-4-13)15-21-14(9-24-15)5-8-19-16(23)20-10-17(11-22)6-7-17/h1-4,9,22H,5-8,10-11H2,(H2,19,20,23). The van der Waals surface area contributed by atoms with Crippen molar-refractivity contribution in [2.45, 2.75) is 19.3 Å². The molecule has 2 aromatic rings. The van der Waals surface area contributed by atoms with Gasteiger partial charge in [0.25, 0.3) is 0 Å². The topological polar surface area (TPSA) is 87.4 Å². The molecule has 6 nitrogen and oxygen atoms in total. The summed E-state index contributed by atoms with van der Waals surface area (Å²) in [5.74, 6) is 0.114. The highest BCUT2D eigenvalue weighted by Gasteiger charge is 2.42. The Hall–Kier alpha value is -2.41. The number of aliphatic hydroxyl groups is 1. The zero-order chi connectivity index (χ0) is 17.0. The van der Waals surface area contributed by atoms with Crippen molar-refractivity contribution in [2.75, 3.05) is 19.7 Å². The smallest absolute Gasteiger partial charge is 0.314 e. The molecule has 3 N–H and O–H groups in total. The van der Waals surface area contributed by atoms with Crippen LogP contribution < -0.4 is 10.6 Å². The summed E-state index contributed by atoms with van der Waals surface area (Å²) in [6, 6.07) is 5.66. The fourth-order valence-electron chi connectivity index (χ4n) is 2.35. The first-order valence-corrected chi connectivity index (χ1v) is 7.93. The third-order valence-corrected chi connectivity index (χ3v) is 4.23. The van der Waals surface area contributed by atoms with E-state index < -0.39 is 0 Å². The lowest BCUT2D eigenvalue weighted by Gasteiger charge is -2.13. The number of oxazole rings is 1. The lowest BCUT2D eigenvalue weighted by atomic mass is 10.1. The molecule has 0 saturated heterocycles. The summed E-state index contributed by atoms with van der Waals surface area (Å²) in [5, 5.41) is 14.7. The first-order valence-electron chi connectivity index (χ1n) is 7.93. The number of carbonyl (C=O) groups excluding carboxylic acids is 1. The van der Waals surface area contributed by atoms with Gasteiger partial charge in [-0.05, 0) is 37.1 Å². The van der Waals surface area contributed by atoms with E-state index in [9.17, 15) is 14.3 Å². The fourth-order valence-corrected chi connectivity index (χ4v) is 2.35. The molecule has 0 spiro atoms. The molecule has 128 valence electrons. The van der Waals surface area contributed by atoms with Crippen LogP contribution in [0.25, 0.3) is 11.5 Å². The van der Waals surface area contributed by atoms with Crippen LogP contribution in [0.15, 0.2) is 34.9 Å². The van der Waals surface area contributed by atoms with Crippen LogP contribution in [0.3, 0.4) is 0 Å². The van der Waals surface area contributed by atoms with Crippen LogP contribution in [0.1, 0.15) is 18.5 Å². The van der Waals surface area contributed by atoms with E-state index in [-0.39, 0.29) is 23.9 Å². The van der Waals surface area contributed by atoms with Crippen molar-refractivity contribution < 1.29 is 18.7 Å². The first-order chi connectivity index (χ1) is 11.6. The summed E-state index contributed by atoms with van der Waals surface area (Å²) in [7, 11) is 0. The molecular formula is C17H20FN3O3. The average Bonchev–Trinajstić information content (AvgIpc) is 3.23. The van der Waals surface area contributed by atoms with Crippen LogP contribution in [0.4, 0.5) is 9.18 Å². The van der Waals surface area contributed by atoms with Gasteiger partial charge in [0.1, 0.15) is 12.1 Å². The quantitative estimate of drug-likeness (QED) is 0.724. The molecule has 0 aliphatic heterocycles. The van der Waals surface area contributed by atoms with Gasteiger partial charge in [-0.3, -0.25) is 0 Å². The number of halogens is 1. The largest absolute Gasteiger partial charge is 0.444 e. The Labute approximate surface area is 139 Å². The number of carbonyl (C=O) groups is 1. The molecule has 0 radical (unpaired) electrons. The number of amides is 2. The molecular weight excluding hydrogens is 313 g/mol. The molecule has 0 atom stereocenters. The van der Waals surface area contributed by atoms with Gasteiger partial charge in [-0.1, -0.05) is 0 Å². The molecule has 1 aliphatic rings. The number of nitrogens with zero attached hydrogens (tertiary/aromatic N) is 1. The normalized spacial score (nSPS) is 15.1. The minimum absolute atomic E-state index is 0.104. The van der Waals surface area contributed by atoms with Crippen LogP contribution in [0, 0.1) is 11.2 Å². The van der Waals surface area contributed by atoms with E-state index in [0.29, 0.717) is 36.7 Å². The lowest BCUT2D eigenvalue weighted by molar-refractivity contribution is 0.203. The van der Waals surface area contributed by atoms with Crippen molar-refractivity contribution in [2.24, 2.45) is 5.41 Å². The van der Waals surface area contributed by atoms with Crippen molar-refractivity contribution in [1.82, 2.24) is 15.6 Å². The summed E-state index contributed by atoms with van der Waals surface area (Å²) < 4.78 is 18.3. The van der Waals surface area contributed by atoms with Crippen molar-refractivity contribution in [3.05, 3.63) is 42.0 Å². The van der Waals surface area contributed by atoms with Crippen molar-refractivity contribution in [3.63, 3.8) is 0 Å². The number of hydrogen-bond donors (Lipinski definition) is 3. The molecule has 1 aromatic carbocycles. The average molecular weight is 333 g/mol. The highest BCUT2D eigenvalue weighted by molar-refractivity contribution is 5.73. The molecule has 3 rings (SSSR count). The van der Waals surface area contributed by atoms with Gasteiger partial charge in [-0.15, -0.1) is 0 Å². The number of aliphatic hydroxyl groups excluding tert-OH is 1. The van der Waals surface area contributed by atoms with E-state index in [4.69, 9.17) is 4.42 Å². The van der Waals surface area contributed by atoms with Crippen molar-refractivity contribution in [3.8, 4) is 11.5 Å². The third-order valence-electron chi connectivity index (χ3n) is 4.23. The minimum Gasteiger partial charge on any atom is -0.444 e. The molecule has 1 aromatic heterocycles. The van der Waals surface area contributed by atoms with Crippen LogP contribution >= 0.6 is 0 Å². The maximum Gasteiger partial charge on any atom is 0.314 e. The van der Waals surface area contributed by atoms with E-state index in [1.54, 1.807) is 12.1 Å². The van der Waals surface area contributed by atoms with E-state index in [2.05, 4.69) is 15.6 Å². The highest BCUT2D eigenvalue weighted by atomic mass is 19.1. The number of aromatic nitrogens is 1. The Balaban J connectivity index is 1.42. The second-order valence-corrected chi connectivity index (χ2v) is 6.17. The Morgan fingerprint density at radius 2 is 2.04 bits per heavy atom. The number of nitrogens with one attached hydrogen (secondary N) is 2. The Kier molecular flexibility index (Phi) is 4.80. The summed E-state index contributed by atoms with van der Waals surface area (Å²) in [4.78, 5) is 16.0. The fraction of sp³-hybridized carbons (Fsp3) is 0.412. The molecule has 2 amide bonds. The van der Waals surface area contributed by atoms with Gasteiger partial charge in [0.2, 0.25) is 5.89 Å². The molecule has 1 saturated carbocycles. The number of hydrogen-bond acceptors (Lipinski definition) is 4. The lowest BCUT2D eigenvalue weighted by Crippen LogP contribution is -2.40. The van der Waals surface area contributed by atoms with E-state index in [1.807, 2.05) is 0 Å². The maximum absolute atomic E-state index is 12.9. The summed E-state index contributed by atoms with van der Waals surface area (Å²) in [5.41, 5.74) is 1.31. The number of urea groups is 1. The molecule has 1 fully saturated rings. The SMILES string of the molecule is O=C(NCCc1coc(-c2ccc(F)cc2)n1)NCC1(CO)CC1. The zero-order valence-corrected chi connectivity index (χ0v) is 13.2. The van der Waals surface area contributed by atoms with Gasteiger partial charge in [0.15, 0.2) is 0 Å². The molecule has 24 heavy (non-hydrogen) atoms. The van der Waals surface area contributed by atoms with Crippen LogP contribution in [-0.4, -0.2) is 35.8 Å². The Bertz CT molecular complexity index is 695. The number of rotatable bonds is 7. The van der Waals surface area contributed by atoms with Crippen LogP contribution in [0.2, 0.25) is 0 Å². The summed E-state index contributed by atoms with van der Waals surface area (Å²) >= 11 is 0. The molecule has 0 bridgehead atoms. The van der Waals surface area contributed by atoms with E-state index in [0.717, 1.165) is 12.8 Å². The van der Waals surface area contributed by atoms with E-state index >= 15 is 0 Å². The highest BCUT2D eigenvalue weighted by Crippen LogP contribution is 2.44. The van der Waals surface area contributed by atoms with E-state index in [1.165, 1.54) is 18.4 Å². The number of benzene rings is 1.